The quantitative estimate of drug-likeness (QED) is 0.557. The average molecular weight is 361 g/mol. The van der Waals surface area contributed by atoms with E-state index in [9.17, 15) is 4.79 Å². The fourth-order valence-electron chi connectivity index (χ4n) is 1.19. The van der Waals surface area contributed by atoms with Gasteiger partial charge in [-0.25, -0.2) is 0 Å². The molecule has 0 aliphatic rings. The first-order valence-electron chi connectivity index (χ1n) is 4.65. The van der Waals surface area contributed by atoms with E-state index in [1.807, 2.05) is 4.90 Å². The van der Waals surface area contributed by atoms with E-state index >= 15 is 0 Å². The van der Waals surface area contributed by atoms with Crippen LogP contribution in [0.4, 0.5) is 0 Å². The maximum Gasteiger partial charge on any atom is 0.218 e. The number of carbonyl (C=O) groups excluding carboxylic acids is 1. The summed E-state index contributed by atoms with van der Waals surface area (Å²) in [5, 5.41) is 0. The third-order valence-electron chi connectivity index (χ3n) is 1.58. The summed E-state index contributed by atoms with van der Waals surface area (Å²) in [5.41, 5.74) is 0. The number of amides is 1. The molecule has 0 saturated heterocycles. The Bertz CT molecular complexity index is 194. The molecule has 6 heteroatoms. The highest BCUT2D eigenvalue weighted by Crippen LogP contribution is 2.17. The molecule has 0 fully saturated rings. The Morgan fingerprint density at radius 3 is 1.50 bits per heavy atom. The van der Waals surface area contributed by atoms with Gasteiger partial charge in [-0.1, -0.05) is 26.2 Å². The Balaban J connectivity index is 4.40. The summed E-state index contributed by atoms with van der Waals surface area (Å²) in [6.07, 6.45) is 1.79. The SMILES string of the molecule is CC(=O)N(C[Si](C)(C)Br)C[Si](C)(C)Br. The lowest BCUT2D eigenvalue weighted by Gasteiger charge is -2.30. The first-order chi connectivity index (χ1) is 6.01. The van der Waals surface area contributed by atoms with Crippen LogP contribution in [0.15, 0.2) is 0 Å². The second-order valence-electron chi connectivity index (χ2n) is 4.81. The molecule has 0 rings (SSSR count). The summed E-state index contributed by atoms with van der Waals surface area (Å²) < 4.78 is 0. The van der Waals surface area contributed by atoms with Crippen LogP contribution in [0.1, 0.15) is 6.92 Å². The summed E-state index contributed by atoms with van der Waals surface area (Å²) >= 11 is 7.40. The maximum absolute atomic E-state index is 11.4. The van der Waals surface area contributed by atoms with Crippen LogP contribution < -0.4 is 0 Å². The van der Waals surface area contributed by atoms with E-state index in [-0.39, 0.29) is 5.91 Å². The van der Waals surface area contributed by atoms with E-state index in [1.165, 1.54) is 0 Å². The molecule has 0 aromatic rings. The van der Waals surface area contributed by atoms with Gasteiger partial charge in [0.25, 0.3) is 0 Å². The predicted octanol–water partition coefficient (Wildman–Crippen LogP) is 3.11. The maximum atomic E-state index is 11.4. The summed E-state index contributed by atoms with van der Waals surface area (Å²) in [6, 6.07) is 0. The molecular formula is C8H19Br2NOSi2. The van der Waals surface area contributed by atoms with Crippen molar-refractivity contribution >= 4 is 49.9 Å². The van der Waals surface area contributed by atoms with Gasteiger partial charge in [0.05, 0.1) is 0 Å². The smallest absolute Gasteiger partial charge is 0.218 e. The largest absolute Gasteiger partial charge is 0.347 e. The second-order valence-corrected chi connectivity index (χ2v) is 25.2. The molecule has 0 N–H and O–H groups in total. The van der Waals surface area contributed by atoms with Crippen molar-refractivity contribution in [2.24, 2.45) is 0 Å². The van der Waals surface area contributed by atoms with Crippen molar-refractivity contribution in [2.75, 3.05) is 12.3 Å². The number of hydrogen-bond donors (Lipinski definition) is 0. The monoisotopic (exact) mass is 359 g/mol. The third kappa shape index (κ3) is 8.20. The Morgan fingerprint density at radius 1 is 1.07 bits per heavy atom. The predicted molar refractivity (Wildman–Crippen MR) is 75.1 cm³/mol. The molecule has 0 spiro atoms. The molecule has 0 saturated carbocycles. The lowest BCUT2D eigenvalue weighted by atomic mass is 10.6. The van der Waals surface area contributed by atoms with Gasteiger partial charge in [-0.3, -0.25) is 4.79 Å². The minimum Gasteiger partial charge on any atom is -0.347 e. The fourth-order valence-corrected chi connectivity index (χ4v) is 5.71. The molecule has 0 aromatic carbocycles. The molecule has 0 aliphatic heterocycles. The topological polar surface area (TPSA) is 20.3 Å². The van der Waals surface area contributed by atoms with Crippen LogP contribution in [0.5, 0.6) is 0 Å². The summed E-state index contributed by atoms with van der Waals surface area (Å²) in [4.78, 5) is 13.4. The Morgan fingerprint density at radius 2 is 1.36 bits per heavy atom. The van der Waals surface area contributed by atoms with Gasteiger partial charge < -0.3 is 4.90 Å². The van der Waals surface area contributed by atoms with Crippen LogP contribution in [-0.4, -0.2) is 36.5 Å². The van der Waals surface area contributed by atoms with Gasteiger partial charge in [-0.15, -0.1) is 30.6 Å². The summed E-state index contributed by atoms with van der Waals surface area (Å²) in [5.74, 6) is 0.185. The van der Waals surface area contributed by atoms with Crippen molar-refractivity contribution in [3.8, 4) is 0 Å². The molecule has 0 aliphatic carbocycles. The van der Waals surface area contributed by atoms with Gasteiger partial charge in [0.15, 0.2) is 0 Å². The molecule has 0 heterocycles. The number of carbonyl (C=O) groups is 1. The van der Waals surface area contributed by atoms with Gasteiger partial charge in [0.1, 0.15) is 13.4 Å². The Labute approximate surface area is 105 Å². The van der Waals surface area contributed by atoms with Crippen LogP contribution in [0.2, 0.25) is 26.2 Å². The van der Waals surface area contributed by atoms with Crippen LogP contribution in [-0.2, 0) is 4.79 Å². The lowest BCUT2D eigenvalue weighted by Crippen LogP contribution is -2.47. The van der Waals surface area contributed by atoms with E-state index in [2.05, 4.69) is 56.8 Å². The van der Waals surface area contributed by atoms with E-state index in [0.717, 1.165) is 12.3 Å². The van der Waals surface area contributed by atoms with E-state index in [1.54, 1.807) is 6.92 Å². The van der Waals surface area contributed by atoms with Crippen molar-refractivity contribution < 1.29 is 4.79 Å². The zero-order chi connectivity index (χ0) is 11.6. The van der Waals surface area contributed by atoms with Crippen molar-refractivity contribution in [1.29, 1.82) is 0 Å². The minimum atomic E-state index is -1.36. The normalized spacial score (nSPS) is 12.8. The zero-order valence-corrected chi connectivity index (χ0v) is 14.7. The highest BCUT2D eigenvalue weighted by atomic mass is 79.9. The zero-order valence-electron chi connectivity index (χ0n) is 9.53. The summed E-state index contributed by atoms with van der Waals surface area (Å²) in [7, 11) is 0. The van der Waals surface area contributed by atoms with Gasteiger partial charge in [-0.05, 0) is 0 Å². The van der Waals surface area contributed by atoms with E-state index in [0.29, 0.717) is 0 Å². The fraction of sp³-hybridized carbons (Fsp3) is 0.875. The van der Waals surface area contributed by atoms with Crippen LogP contribution in [0.3, 0.4) is 0 Å². The van der Waals surface area contributed by atoms with E-state index < -0.39 is 13.4 Å². The molecule has 1 amide bonds. The van der Waals surface area contributed by atoms with Crippen LogP contribution >= 0.6 is 30.6 Å². The first-order valence-corrected chi connectivity index (χ1v) is 15.6. The molecule has 0 bridgehead atoms. The number of nitrogens with zero attached hydrogens (tertiary/aromatic N) is 1. The molecule has 0 aromatic heterocycles. The molecule has 84 valence electrons. The Hall–Kier alpha value is 0.864. The van der Waals surface area contributed by atoms with Gasteiger partial charge in [-0.2, -0.15) is 0 Å². The van der Waals surface area contributed by atoms with Crippen molar-refractivity contribution in [3.05, 3.63) is 0 Å². The summed E-state index contributed by atoms with van der Waals surface area (Å²) in [6.45, 7) is 7.78. The molecule has 0 atom stereocenters. The Kier molecular flexibility index (Phi) is 5.60. The van der Waals surface area contributed by atoms with Gasteiger partial charge in [0.2, 0.25) is 5.91 Å². The van der Waals surface area contributed by atoms with Gasteiger partial charge in [0, 0.05) is 19.3 Å². The second kappa shape index (κ2) is 5.27. The van der Waals surface area contributed by atoms with Crippen molar-refractivity contribution in [3.63, 3.8) is 0 Å². The molecule has 14 heavy (non-hydrogen) atoms. The number of halogens is 2. The first kappa shape index (κ1) is 14.9. The highest BCUT2D eigenvalue weighted by molar-refractivity contribution is 9.26. The van der Waals surface area contributed by atoms with Crippen molar-refractivity contribution in [1.82, 2.24) is 4.90 Å². The van der Waals surface area contributed by atoms with Gasteiger partial charge >= 0.3 is 0 Å². The number of rotatable bonds is 4. The third-order valence-corrected chi connectivity index (χ3v) is 5.35. The molecule has 2 nitrogen and oxygen atoms in total. The number of hydrogen-bond acceptors (Lipinski definition) is 1. The van der Waals surface area contributed by atoms with Crippen molar-refractivity contribution in [2.45, 2.75) is 33.1 Å². The van der Waals surface area contributed by atoms with E-state index in [4.69, 9.17) is 0 Å². The molecular weight excluding hydrogens is 342 g/mol. The minimum absolute atomic E-state index is 0.185. The van der Waals surface area contributed by atoms with Crippen LogP contribution in [0.25, 0.3) is 0 Å². The highest BCUT2D eigenvalue weighted by Gasteiger charge is 2.27. The molecule has 0 unspecified atom stereocenters. The molecule has 0 radical (unpaired) electrons. The van der Waals surface area contributed by atoms with Crippen LogP contribution in [0, 0.1) is 0 Å². The lowest BCUT2D eigenvalue weighted by molar-refractivity contribution is -0.127. The average Bonchev–Trinajstić information content (AvgIpc) is 1.78. The standard InChI is InChI=1S/C8H19Br2NOSi2/c1-8(12)11(6-13(2,3)9)7-14(4,5)10/h6-7H2,1-5H3.